The Morgan fingerprint density at radius 2 is 1.81 bits per heavy atom. The lowest BCUT2D eigenvalue weighted by Gasteiger charge is -2.06. The Hall–Kier alpha value is -3.04. The van der Waals surface area contributed by atoms with E-state index in [0.717, 1.165) is 50.2 Å². The van der Waals surface area contributed by atoms with Crippen molar-refractivity contribution in [3.8, 4) is 22.5 Å². The molecule has 3 aromatic carbocycles. The fraction of sp³-hybridized carbons (Fsp3) is 0. The monoisotopic (exact) mass is 377 g/mol. The number of hydrogen-bond acceptors (Lipinski definition) is 7. The van der Waals surface area contributed by atoms with Gasteiger partial charge in [-0.15, -0.1) is 9.32 Å². The van der Waals surface area contributed by atoms with E-state index in [1.807, 2.05) is 30.3 Å². The third-order valence-corrected chi connectivity index (χ3v) is 5.12. The van der Waals surface area contributed by atoms with Crippen LogP contribution in [0.3, 0.4) is 0 Å². The minimum Gasteiger partial charge on any atom is -0.478 e. The number of rotatable bonds is 4. The highest BCUT2D eigenvalue weighted by molar-refractivity contribution is 7.94. The maximum absolute atomic E-state index is 11.3. The van der Waals surface area contributed by atoms with Crippen LogP contribution < -0.4 is 5.90 Å². The van der Waals surface area contributed by atoms with E-state index >= 15 is 0 Å². The molecule has 0 saturated carbocycles. The summed E-state index contributed by atoms with van der Waals surface area (Å²) >= 11 is 1.01. The van der Waals surface area contributed by atoms with Crippen molar-refractivity contribution in [2.24, 2.45) is 5.90 Å². The summed E-state index contributed by atoms with van der Waals surface area (Å²) in [6.07, 6.45) is 0. The number of nitrogens with two attached hydrogens (primary N) is 1. The minimum absolute atomic E-state index is 0.183. The average molecular weight is 377 g/mol. The second-order valence-corrected chi connectivity index (χ2v) is 6.83. The minimum atomic E-state index is -0.992. The van der Waals surface area contributed by atoms with Gasteiger partial charge in [-0.2, -0.15) is 5.90 Å². The standard InChI is InChI=1S/C19H11N3O4S/c20-25-26-27-11-6-9-2-1-3-12-16(9)13(8-11)18-17(12)22-15-7-10(19(23)24)4-5-14(15)21-18/h1-8H,20H2,(H,23,24). The number of nitrogens with zero attached hydrogens (tertiary/aromatic N) is 2. The van der Waals surface area contributed by atoms with Gasteiger partial charge >= 0.3 is 5.97 Å². The Morgan fingerprint density at radius 1 is 1.00 bits per heavy atom. The molecule has 7 nitrogen and oxygen atoms in total. The Labute approximate surface area is 156 Å². The molecule has 27 heavy (non-hydrogen) atoms. The SMILES string of the molecule is NOOSc1cc2c3c(cccc3c1)-c1nc3cc(C(=O)O)ccc3nc1-2. The molecule has 1 aliphatic carbocycles. The number of carboxylic acid groups (broad SMARTS) is 1. The smallest absolute Gasteiger partial charge is 0.335 e. The lowest BCUT2D eigenvalue weighted by atomic mass is 10.0. The maximum Gasteiger partial charge on any atom is 0.335 e. The van der Waals surface area contributed by atoms with Gasteiger partial charge in [0.1, 0.15) is 0 Å². The van der Waals surface area contributed by atoms with Gasteiger partial charge in [-0.25, -0.2) is 14.8 Å². The number of carboxylic acids is 1. The van der Waals surface area contributed by atoms with Gasteiger partial charge < -0.3 is 5.11 Å². The number of aromatic carboxylic acids is 1. The van der Waals surface area contributed by atoms with Gasteiger partial charge in [0.25, 0.3) is 0 Å². The van der Waals surface area contributed by atoms with Crippen molar-refractivity contribution in [2.45, 2.75) is 4.90 Å². The van der Waals surface area contributed by atoms with Crippen LogP contribution in [0.1, 0.15) is 10.4 Å². The third kappa shape index (κ3) is 2.47. The normalized spacial score (nSPS) is 11.9. The highest BCUT2D eigenvalue weighted by Crippen LogP contribution is 2.47. The summed E-state index contributed by atoms with van der Waals surface area (Å²) in [5, 5.41) is 11.3. The number of fused-ring (bicyclic) bond motifs is 4. The van der Waals surface area contributed by atoms with Crippen LogP contribution >= 0.6 is 12.0 Å². The Kier molecular flexibility index (Phi) is 3.59. The molecule has 132 valence electrons. The zero-order valence-electron chi connectivity index (χ0n) is 13.7. The molecular weight excluding hydrogens is 366 g/mol. The van der Waals surface area contributed by atoms with Crippen LogP contribution in [-0.4, -0.2) is 21.0 Å². The van der Waals surface area contributed by atoms with Crippen molar-refractivity contribution < 1.29 is 19.2 Å². The van der Waals surface area contributed by atoms with E-state index in [1.165, 1.54) is 6.07 Å². The summed E-state index contributed by atoms with van der Waals surface area (Å²) in [5.41, 5.74) is 4.78. The first-order chi connectivity index (χ1) is 13.2. The first-order valence-electron chi connectivity index (χ1n) is 7.98. The Morgan fingerprint density at radius 3 is 2.63 bits per heavy atom. The van der Waals surface area contributed by atoms with E-state index < -0.39 is 5.97 Å². The zero-order valence-corrected chi connectivity index (χ0v) is 14.5. The van der Waals surface area contributed by atoms with Crippen LogP contribution in [-0.2, 0) is 9.32 Å². The van der Waals surface area contributed by atoms with Gasteiger partial charge in [-0.05, 0) is 35.7 Å². The molecule has 0 aliphatic heterocycles. The fourth-order valence-corrected chi connectivity index (χ4v) is 3.91. The number of hydrogen-bond donors (Lipinski definition) is 2. The predicted octanol–water partition coefficient (Wildman–Crippen LogP) is 3.96. The summed E-state index contributed by atoms with van der Waals surface area (Å²) in [6, 6.07) is 14.6. The number of benzene rings is 3. The third-order valence-electron chi connectivity index (χ3n) is 4.54. The van der Waals surface area contributed by atoms with Crippen molar-refractivity contribution in [1.82, 2.24) is 9.97 Å². The second-order valence-electron chi connectivity index (χ2n) is 6.05. The van der Waals surface area contributed by atoms with Crippen molar-refractivity contribution in [3.63, 3.8) is 0 Å². The summed E-state index contributed by atoms with van der Waals surface area (Å²) in [4.78, 5) is 25.7. The molecule has 0 fully saturated rings. The molecule has 8 heteroatoms. The first-order valence-corrected chi connectivity index (χ1v) is 8.72. The largest absolute Gasteiger partial charge is 0.478 e. The topological polar surface area (TPSA) is 108 Å². The summed E-state index contributed by atoms with van der Waals surface area (Å²) < 4.78 is 4.78. The lowest BCUT2D eigenvalue weighted by Crippen LogP contribution is -1.97. The van der Waals surface area contributed by atoms with Gasteiger partial charge in [-0.3, -0.25) is 0 Å². The van der Waals surface area contributed by atoms with Crippen molar-refractivity contribution in [2.75, 3.05) is 0 Å². The van der Waals surface area contributed by atoms with Crippen molar-refractivity contribution in [3.05, 3.63) is 54.1 Å². The average Bonchev–Trinajstić information content (AvgIpc) is 2.99. The van der Waals surface area contributed by atoms with Crippen LogP contribution in [0.15, 0.2) is 53.4 Å². The lowest BCUT2D eigenvalue weighted by molar-refractivity contribution is -0.195. The molecule has 5 rings (SSSR count). The molecule has 1 aromatic heterocycles. The van der Waals surface area contributed by atoms with E-state index in [0.29, 0.717) is 11.0 Å². The van der Waals surface area contributed by atoms with Gasteiger partial charge in [0.05, 0.1) is 40.0 Å². The highest BCUT2D eigenvalue weighted by Gasteiger charge is 2.25. The molecule has 4 aromatic rings. The Bertz CT molecular complexity index is 1260. The van der Waals surface area contributed by atoms with Crippen LogP contribution in [0.25, 0.3) is 44.3 Å². The molecule has 0 bridgehead atoms. The van der Waals surface area contributed by atoms with Gasteiger partial charge in [0.2, 0.25) is 0 Å². The van der Waals surface area contributed by atoms with E-state index in [1.54, 1.807) is 12.1 Å². The quantitative estimate of drug-likeness (QED) is 0.275. The van der Waals surface area contributed by atoms with Gasteiger partial charge in [0.15, 0.2) is 0 Å². The predicted molar refractivity (Wildman–Crippen MR) is 101 cm³/mol. The van der Waals surface area contributed by atoms with Crippen molar-refractivity contribution in [1.29, 1.82) is 0 Å². The molecule has 3 N–H and O–H groups in total. The zero-order chi connectivity index (χ0) is 18.5. The Balaban J connectivity index is 1.78. The molecule has 0 unspecified atom stereocenters. The fourth-order valence-electron chi connectivity index (χ4n) is 3.45. The van der Waals surface area contributed by atoms with Crippen LogP contribution in [0.4, 0.5) is 0 Å². The molecular formula is C19H11N3O4S. The molecule has 0 saturated heterocycles. The second kappa shape index (κ2) is 6.00. The van der Waals surface area contributed by atoms with Crippen LogP contribution in [0.5, 0.6) is 0 Å². The molecule has 0 radical (unpaired) electrons. The molecule has 0 atom stereocenters. The summed E-state index contributed by atoms with van der Waals surface area (Å²) in [5.74, 6) is 3.94. The molecule has 0 amide bonds. The molecule has 1 heterocycles. The van der Waals surface area contributed by atoms with E-state index in [9.17, 15) is 9.90 Å². The van der Waals surface area contributed by atoms with Crippen LogP contribution in [0.2, 0.25) is 0 Å². The van der Waals surface area contributed by atoms with Crippen molar-refractivity contribution >= 4 is 39.8 Å². The highest BCUT2D eigenvalue weighted by atomic mass is 32.2. The first kappa shape index (κ1) is 16.2. The van der Waals surface area contributed by atoms with E-state index in [-0.39, 0.29) is 5.56 Å². The van der Waals surface area contributed by atoms with E-state index in [2.05, 4.69) is 4.99 Å². The number of aromatic nitrogens is 2. The van der Waals surface area contributed by atoms with Gasteiger partial charge in [-0.1, -0.05) is 18.2 Å². The van der Waals surface area contributed by atoms with E-state index in [4.69, 9.17) is 20.2 Å². The molecule has 1 aliphatic rings. The van der Waals surface area contributed by atoms with Gasteiger partial charge in [0, 0.05) is 21.4 Å². The summed E-state index contributed by atoms with van der Waals surface area (Å²) in [6.45, 7) is 0. The maximum atomic E-state index is 11.3. The van der Waals surface area contributed by atoms with Crippen LogP contribution in [0, 0.1) is 0 Å². The number of carbonyl (C=O) groups is 1. The molecule has 0 spiro atoms. The summed E-state index contributed by atoms with van der Waals surface area (Å²) in [7, 11) is 0.